The van der Waals surface area contributed by atoms with Gasteiger partial charge in [-0.05, 0) is 73.9 Å². The topological polar surface area (TPSA) is 121 Å². The molecule has 2 aromatic heterocycles. The minimum absolute atomic E-state index is 0.0137. The molecule has 1 fully saturated rings. The fourth-order valence-corrected chi connectivity index (χ4v) is 5.91. The van der Waals surface area contributed by atoms with Gasteiger partial charge in [0.15, 0.2) is 17.9 Å². The van der Waals surface area contributed by atoms with Crippen molar-refractivity contribution in [2.75, 3.05) is 31.5 Å². The van der Waals surface area contributed by atoms with Crippen LogP contribution >= 0.6 is 0 Å². The molecule has 0 unspecified atom stereocenters. The second kappa shape index (κ2) is 14.3. The van der Waals surface area contributed by atoms with Gasteiger partial charge in [-0.2, -0.15) is 0 Å². The number of ketones is 1. The Bertz CT molecular complexity index is 1450. The lowest BCUT2D eigenvalue weighted by Gasteiger charge is -2.32. The van der Waals surface area contributed by atoms with Crippen molar-refractivity contribution in [3.8, 4) is 5.75 Å². The summed E-state index contributed by atoms with van der Waals surface area (Å²) in [6.07, 6.45) is 4.09. The Labute approximate surface area is 259 Å². The van der Waals surface area contributed by atoms with Crippen LogP contribution in [-0.2, 0) is 24.4 Å². The number of hydrogen-bond donors (Lipinski definition) is 2. The zero-order valence-corrected chi connectivity index (χ0v) is 26.3. The van der Waals surface area contributed by atoms with E-state index in [2.05, 4.69) is 41.2 Å². The molecule has 1 aromatic carbocycles. The van der Waals surface area contributed by atoms with E-state index in [1.54, 1.807) is 6.92 Å². The molecule has 2 aliphatic rings. The minimum atomic E-state index is -0.594. The Morgan fingerprint density at radius 1 is 1.14 bits per heavy atom. The third-order valence-electron chi connectivity index (χ3n) is 8.71. The maximum atomic E-state index is 13.3. The molecule has 1 amide bonds. The van der Waals surface area contributed by atoms with E-state index in [-0.39, 0.29) is 30.1 Å². The van der Waals surface area contributed by atoms with E-state index in [1.807, 2.05) is 30.0 Å². The van der Waals surface area contributed by atoms with Crippen LogP contribution in [-0.4, -0.2) is 74.9 Å². The van der Waals surface area contributed by atoms with Gasteiger partial charge in [0.2, 0.25) is 5.91 Å². The van der Waals surface area contributed by atoms with Gasteiger partial charge in [0, 0.05) is 63.4 Å². The number of likely N-dealkylation sites (tertiary alicyclic amines) is 1. The average molecular weight is 604 g/mol. The molecule has 1 saturated heterocycles. The van der Waals surface area contributed by atoms with E-state index in [9.17, 15) is 14.7 Å². The molecule has 0 spiro atoms. The summed E-state index contributed by atoms with van der Waals surface area (Å²) < 4.78 is 11.3. The fourth-order valence-electron chi connectivity index (χ4n) is 5.91. The van der Waals surface area contributed by atoms with Crippen LogP contribution < -0.4 is 10.1 Å². The van der Waals surface area contributed by atoms with Gasteiger partial charge < -0.3 is 24.5 Å². The molecule has 236 valence electrons. The lowest BCUT2D eigenvalue weighted by atomic mass is 9.98. The second-order valence-corrected chi connectivity index (χ2v) is 12.4. The number of amides is 1. The van der Waals surface area contributed by atoms with Gasteiger partial charge in [0.25, 0.3) is 0 Å². The number of aryl methyl sites for hydroxylation is 1. The van der Waals surface area contributed by atoms with Crippen LogP contribution in [0.5, 0.6) is 5.75 Å². The van der Waals surface area contributed by atoms with Crippen molar-refractivity contribution in [3.63, 3.8) is 0 Å². The van der Waals surface area contributed by atoms with Gasteiger partial charge in [-0.15, -0.1) is 0 Å². The molecule has 0 saturated carbocycles. The number of Topliss-reactive ketones (excluding diaryl/α,β-unsaturated/α-hetero) is 1. The SMILES string of the molecule is CC(=O)N1CCC(Nc2cc(C(=O)CC[C@H](O)CN3CCc4cc(OCc5ocnc5C)ccc4C3)cc(C(C)C)n2)CC1. The monoisotopic (exact) mass is 603 g/mol. The number of fused-ring (bicyclic) bond motifs is 1. The number of nitrogens with one attached hydrogen (secondary N) is 1. The number of anilines is 1. The Kier molecular flexibility index (Phi) is 10.3. The van der Waals surface area contributed by atoms with E-state index in [0.29, 0.717) is 31.0 Å². The molecule has 44 heavy (non-hydrogen) atoms. The van der Waals surface area contributed by atoms with Crippen LogP contribution in [0.25, 0.3) is 0 Å². The quantitative estimate of drug-likeness (QED) is 0.279. The van der Waals surface area contributed by atoms with Crippen molar-refractivity contribution in [1.29, 1.82) is 0 Å². The molecular formula is C34H45N5O5. The van der Waals surface area contributed by atoms with Crippen molar-refractivity contribution in [2.24, 2.45) is 0 Å². The summed E-state index contributed by atoms with van der Waals surface area (Å²) >= 11 is 0. The standard InChI is InChI=1S/C34H45N5O5/c1-22(2)31-16-27(17-34(37-31)36-28-10-13-39(14-11-28)24(4)40)32(42)8-6-29(41)19-38-12-9-25-15-30(7-5-26(25)18-38)43-20-33-23(3)35-21-44-33/h5,7,15-17,21-22,28-29,41H,6,8-14,18-20H2,1-4H3,(H,36,37)/t29-/m0/s1. The number of rotatable bonds is 12. The minimum Gasteiger partial charge on any atom is -0.486 e. The largest absolute Gasteiger partial charge is 0.486 e. The highest BCUT2D eigenvalue weighted by Crippen LogP contribution is 2.26. The molecular weight excluding hydrogens is 558 g/mol. The number of piperidine rings is 1. The lowest BCUT2D eigenvalue weighted by molar-refractivity contribution is -0.129. The van der Waals surface area contributed by atoms with Crippen molar-refractivity contribution in [3.05, 3.63) is 70.6 Å². The van der Waals surface area contributed by atoms with Gasteiger partial charge in [-0.1, -0.05) is 19.9 Å². The molecule has 3 aromatic rings. The number of oxazole rings is 1. The summed E-state index contributed by atoms with van der Waals surface area (Å²) in [5, 5.41) is 14.4. The van der Waals surface area contributed by atoms with E-state index >= 15 is 0 Å². The molecule has 1 atom stereocenters. The summed E-state index contributed by atoms with van der Waals surface area (Å²) in [5.74, 6) is 2.54. The van der Waals surface area contributed by atoms with Crippen molar-refractivity contribution in [1.82, 2.24) is 19.8 Å². The van der Waals surface area contributed by atoms with E-state index < -0.39 is 6.10 Å². The van der Waals surface area contributed by atoms with Crippen LogP contribution in [0.2, 0.25) is 0 Å². The Hall–Kier alpha value is -3.76. The Morgan fingerprint density at radius 3 is 2.64 bits per heavy atom. The number of carbonyl (C=O) groups excluding carboxylic acids is 2. The second-order valence-electron chi connectivity index (χ2n) is 12.4. The molecule has 0 aliphatic carbocycles. The highest BCUT2D eigenvalue weighted by atomic mass is 16.5. The number of β-amino-alcohol motifs (C(OH)–C–C–N with tert-alkyl or cyclic N) is 1. The summed E-state index contributed by atoms with van der Waals surface area (Å²) in [4.78, 5) is 37.9. The summed E-state index contributed by atoms with van der Waals surface area (Å²) in [7, 11) is 0. The van der Waals surface area contributed by atoms with Crippen LogP contribution in [0.1, 0.15) is 91.0 Å². The zero-order valence-electron chi connectivity index (χ0n) is 26.3. The number of aliphatic hydroxyl groups excluding tert-OH is 1. The summed E-state index contributed by atoms with van der Waals surface area (Å²) in [6, 6.07) is 10.1. The third kappa shape index (κ3) is 8.24. The molecule has 0 radical (unpaired) electrons. The molecule has 2 aliphatic heterocycles. The average Bonchev–Trinajstić information content (AvgIpc) is 3.43. The predicted molar refractivity (Wildman–Crippen MR) is 168 cm³/mol. The number of aliphatic hydroxyl groups is 1. The maximum Gasteiger partial charge on any atom is 0.219 e. The van der Waals surface area contributed by atoms with Gasteiger partial charge in [-0.25, -0.2) is 9.97 Å². The first kappa shape index (κ1) is 31.7. The van der Waals surface area contributed by atoms with Gasteiger partial charge in [0.05, 0.1) is 11.8 Å². The van der Waals surface area contributed by atoms with Crippen molar-refractivity contribution in [2.45, 2.75) is 91.0 Å². The number of benzene rings is 1. The molecule has 2 N–H and O–H groups in total. The highest BCUT2D eigenvalue weighted by molar-refractivity contribution is 5.96. The van der Waals surface area contributed by atoms with Crippen LogP contribution in [0.4, 0.5) is 5.82 Å². The molecule has 10 nitrogen and oxygen atoms in total. The number of ether oxygens (including phenoxy) is 1. The number of hydrogen-bond acceptors (Lipinski definition) is 9. The van der Waals surface area contributed by atoms with Crippen molar-refractivity contribution < 1.29 is 23.8 Å². The lowest BCUT2D eigenvalue weighted by Crippen LogP contribution is -2.41. The summed E-state index contributed by atoms with van der Waals surface area (Å²) in [5.41, 5.74) is 4.81. The zero-order chi connectivity index (χ0) is 31.2. The van der Waals surface area contributed by atoms with E-state index in [1.165, 1.54) is 17.5 Å². The molecule has 5 rings (SSSR count). The van der Waals surface area contributed by atoms with Crippen LogP contribution in [0.15, 0.2) is 41.1 Å². The fraction of sp³-hybridized carbons (Fsp3) is 0.529. The third-order valence-corrected chi connectivity index (χ3v) is 8.71. The molecule has 10 heteroatoms. The van der Waals surface area contributed by atoms with Crippen molar-refractivity contribution >= 4 is 17.5 Å². The first-order valence-electron chi connectivity index (χ1n) is 15.8. The first-order chi connectivity index (χ1) is 21.1. The maximum absolute atomic E-state index is 13.3. The Balaban J connectivity index is 1.11. The number of pyridine rings is 1. The highest BCUT2D eigenvalue weighted by Gasteiger charge is 2.23. The normalized spacial score (nSPS) is 16.5. The molecule has 0 bridgehead atoms. The first-order valence-corrected chi connectivity index (χ1v) is 15.8. The van der Waals surface area contributed by atoms with Gasteiger partial charge in [-0.3, -0.25) is 14.5 Å². The van der Waals surface area contributed by atoms with Crippen LogP contribution in [0.3, 0.4) is 0 Å². The number of nitrogens with zero attached hydrogens (tertiary/aromatic N) is 4. The number of carbonyl (C=O) groups is 2. The van der Waals surface area contributed by atoms with Gasteiger partial charge >= 0.3 is 0 Å². The smallest absolute Gasteiger partial charge is 0.219 e. The number of aromatic nitrogens is 2. The van der Waals surface area contributed by atoms with Crippen LogP contribution in [0, 0.1) is 6.92 Å². The Morgan fingerprint density at radius 2 is 1.93 bits per heavy atom. The summed E-state index contributed by atoms with van der Waals surface area (Å²) in [6.45, 7) is 11.6. The van der Waals surface area contributed by atoms with E-state index in [0.717, 1.165) is 68.3 Å². The predicted octanol–water partition coefficient (Wildman–Crippen LogP) is 4.89. The van der Waals surface area contributed by atoms with E-state index in [4.69, 9.17) is 14.1 Å². The molecule has 4 heterocycles. The van der Waals surface area contributed by atoms with Gasteiger partial charge in [0.1, 0.15) is 18.2 Å².